The molecule has 0 saturated heterocycles. The van der Waals surface area contributed by atoms with Crippen LogP contribution in [0.15, 0.2) is 54.6 Å². The molecule has 4 heteroatoms. The van der Waals surface area contributed by atoms with Crippen molar-refractivity contribution in [2.45, 2.75) is 33.4 Å². The van der Waals surface area contributed by atoms with Gasteiger partial charge in [0.2, 0.25) is 0 Å². The molecule has 0 bridgehead atoms. The smallest absolute Gasteiger partial charge is 0.166 e. The molecule has 2 aromatic carbocycles. The number of thiocarbonyl (C=S) groups is 1. The second kappa shape index (κ2) is 10.9. The zero-order chi connectivity index (χ0) is 17.9. The predicted molar refractivity (Wildman–Crippen MR) is 110 cm³/mol. The van der Waals surface area contributed by atoms with Gasteiger partial charge in [-0.3, -0.25) is 0 Å². The van der Waals surface area contributed by atoms with Gasteiger partial charge in [-0.1, -0.05) is 54.6 Å². The fraction of sp³-hybridized carbons (Fsp3) is 0.381. The van der Waals surface area contributed by atoms with Gasteiger partial charge >= 0.3 is 0 Å². The van der Waals surface area contributed by atoms with Gasteiger partial charge < -0.3 is 15.5 Å². The zero-order valence-electron chi connectivity index (χ0n) is 15.3. The van der Waals surface area contributed by atoms with E-state index in [-0.39, 0.29) is 0 Å². The molecular weight excluding hydrogens is 326 g/mol. The van der Waals surface area contributed by atoms with E-state index in [1.807, 2.05) is 6.07 Å². The highest BCUT2D eigenvalue weighted by Gasteiger charge is 2.04. The summed E-state index contributed by atoms with van der Waals surface area (Å²) < 4.78 is 0. The Morgan fingerprint density at radius 3 is 2.12 bits per heavy atom. The summed E-state index contributed by atoms with van der Waals surface area (Å²) in [6, 6.07) is 19.3. The first kappa shape index (κ1) is 19.4. The maximum Gasteiger partial charge on any atom is 0.166 e. The van der Waals surface area contributed by atoms with Crippen LogP contribution < -0.4 is 15.5 Å². The highest BCUT2D eigenvalue weighted by Crippen LogP contribution is 2.03. The third-order valence-electron chi connectivity index (χ3n) is 4.47. The van der Waals surface area contributed by atoms with Gasteiger partial charge in [-0.05, 0) is 43.6 Å². The van der Waals surface area contributed by atoms with Crippen molar-refractivity contribution in [3.05, 3.63) is 71.3 Å². The highest BCUT2D eigenvalue weighted by atomic mass is 32.1. The molecule has 0 unspecified atom stereocenters. The highest BCUT2D eigenvalue weighted by molar-refractivity contribution is 7.80. The minimum atomic E-state index is 0.715. The van der Waals surface area contributed by atoms with Gasteiger partial charge in [-0.15, -0.1) is 0 Å². The predicted octanol–water partition coefficient (Wildman–Crippen LogP) is 2.32. The molecule has 3 nitrogen and oxygen atoms in total. The third-order valence-corrected chi connectivity index (χ3v) is 4.76. The lowest BCUT2D eigenvalue weighted by atomic mass is 10.1. The van der Waals surface area contributed by atoms with E-state index in [1.165, 1.54) is 29.8 Å². The first-order chi connectivity index (χ1) is 12.2. The first-order valence-corrected chi connectivity index (χ1v) is 9.59. The maximum absolute atomic E-state index is 5.36. The fourth-order valence-corrected chi connectivity index (χ4v) is 2.95. The van der Waals surface area contributed by atoms with Gasteiger partial charge in [-0.2, -0.15) is 0 Å². The van der Waals surface area contributed by atoms with Gasteiger partial charge in [0.1, 0.15) is 6.54 Å². The van der Waals surface area contributed by atoms with Crippen LogP contribution in [0.25, 0.3) is 0 Å². The lowest BCUT2D eigenvalue weighted by Crippen LogP contribution is -3.10. The number of quaternary nitrogens is 1. The number of benzene rings is 2. The van der Waals surface area contributed by atoms with Crippen molar-refractivity contribution < 1.29 is 4.90 Å². The Hall–Kier alpha value is -1.91. The molecule has 0 spiro atoms. The average Bonchev–Trinajstić information content (AvgIpc) is 2.66. The standard InChI is InChI=1S/C21H29N3S/c1-3-24(4-2)17-20-12-10-19(11-13-20)16-23-21(25)22-15-14-18-8-6-5-7-9-18/h5-13H,3-4,14-17H2,1-2H3,(H2,22,23,25)/p+1. The van der Waals surface area contributed by atoms with Gasteiger partial charge in [0.05, 0.1) is 13.1 Å². The summed E-state index contributed by atoms with van der Waals surface area (Å²) in [7, 11) is 0. The lowest BCUT2D eigenvalue weighted by Gasteiger charge is -2.15. The van der Waals surface area contributed by atoms with Crippen LogP contribution >= 0.6 is 12.2 Å². The summed E-state index contributed by atoms with van der Waals surface area (Å²) in [5, 5.41) is 7.27. The fourth-order valence-electron chi connectivity index (χ4n) is 2.77. The number of rotatable bonds is 9. The van der Waals surface area contributed by atoms with Crippen LogP contribution in [0, 0.1) is 0 Å². The van der Waals surface area contributed by atoms with Crippen LogP contribution in [0.3, 0.4) is 0 Å². The normalized spacial score (nSPS) is 10.7. The minimum absolute atomic E-state index is 0.715. The van der Waals surface area contributed by atoms with Crippen molar-refractivity contribution in [1.82, 2.24) is 10.6 Å². The number of hydrogen-bond donors (Lipinski definition) is 3. The molecule has 0 radical (unpaired) electrons. The van der Waals surface area contributed by atoms with Crippen LogP contribution in [-0.2, 0) is 19.5 Å². The van der Waals surface area contributed by atoms with Crippen molar-refractivity contribution in [2.24, 2.45) is 0 Å². The van der Waals surface area contributed by atoms with E-state index in [0.717, 1.165) is 26.1 Å². The number of nitrogens with one attached hydrogen (secondary N) is 3. The van der Waals surface area contributed by atoms with Crippen LogP contribution in [0.5, 0.6) is 0 Å². The monoisotopic (exact) mass is 356 g/mol. The summed E-state index contributed by atoms with van der Waals surface area (Å²) in [6.45, 7) is 9.52. The first-order valence-electron chi connectivity index (χ1n) is 9.18. The van der Waals surface area contributed by atoms with Crippen molar-refractivity contribution in [3.8, 4) is 0 Å². The SMILES string of the molecule is CC[NH+](CC)Cc1ccc(CNC(=S)NCCc2ccccc2)cc1. The van der Waals surface area contributed by atoms with E-state index in [2.05, 4.69) is 73.0 Å². The Morgan fingerprint density at radius 2 is 1.48 bits per heavy atom. The molecule has 0 atom stereocenters. The summed E-state index contributed by atoms with van der Waals surface area (Å²) in [5.74, 6) is 0. The molecule has 134 valence electrons. The molecule has 3 N–H and O–H groups in total. The molecule has 0 heterocycles. The zero-order valence-corrected chi connectivity index (χ0v) is 16.2. The van der Waals surface area contributed by atoms with Gasteiger partial charge in [0, 0.05) is 18.7 Å². The summed E-state index contributed by atoms with van der Waals surface area (Å²) in [5.41, 5.74) is 3.97. The van der Waals surface area contributed by atoms with Gasteiger partial charge in [-0.25, -0.2) is 0 Å². The quantitative estimate of drug-likeness (QED) is 0.602. The van der Waals surface area contributed by atoms with Gasteiger partial charge in [0.25, 0.3) is 0 Å². The number of hydrogen-bond acceptors (Lipinski definition) is 1. The molecule has 2 rings (SSSR count). The van der Waals surface area contributed by atoms with E-state index in [9.17, 15) is 0 Å². The molecule has 0 aliphatic rings. The topological polar surface area (TPSA) is 28.5 Å². The van der Waals surface area contributed by atoms with Crippen molar-refractivity contribution >= 4 is 17.3 Å². The largest absolute Gasteiger partial charge is 0.362 e. The van der Waals surface area contributed by atoms with E-state index in [0.29, 0.717) is 5.11 Å². The molecule has 0 aliphatic heterocycles. The second-order valence-electron chi connectivity index (χ2n) is 6.30. The lowest BCUT2D eigenvalue weighted by molar-refractivity contribution is -0.910. The Bertz CT molecular complexity index is 621. The molecule has 0 aliphatic carbocycles. The second-order valence-corrected chi connectivity index (χ2v) is 6.70. The average molecular weight is 357 g/mol. The van der Waals surface area contributed by atoms with Crippen molar-refractivity contribution in [2.75, 3.05) is 19.6 Å². The molecule has 0 saturated carbocycles. The van der Waals surface area contributed by atoms with E-state index in [4.69, 9.17) is 12.2 Å². The molecule has 0 fully saturated rings. The van der Waals surface area contributed by atoms with Crippen molar-refractivity contribution in [3.63, 3.8) is 0 Å². The van der Waals surface area contributed by atoms with Crippen LogP contribution in [0.1, 0.15) is 30.5 Å². The van der Waals surface area contributed by atoms with Crippen LogP contribution in [0.4, 0.5) is 0 Å². The van der Waals surface area contributed by atoms with Gasteiger partial charge in [0.15, 0.2) is 5.11 Å². The molecule has 25 heavy (non-hydrogen) atoms. The Labute approximate surface area is 157 Å². The van der Waals surface area contributed by atoms with Crippen LogP contribution in [0.2, 0.25) is 0 Å². The molecular formula is C21H30N3S+. The summed E-state index contributed by atoms with van der Waals surface area (Å²) in [6.07, 6.45) is 0.977. The Morgan fingerprint density at radius 1 is 0.840 bits per heavy atom. The van der Waals surface area contributed by atoms with E-state index < -0.39 is 0 Å². The minimum Gasteiger partial charge on any atom is -0.362 e. The third kappa shape index (κ3) is 7.24. The summed E-state index contributed by atoms with van der Waals surface area (Å²) in [4.78, 5) is 1.61. The van der Waals surface area contributed by atoms with Crippen molar-refractivity contribution in [1.29, 1.82) is 0 Å². The summed E-state index contributed by atoms with van der Waals surface area (Å²) >= 11 is 5.36. The van der Waals surface area contributed by atoms with E-state index in [1.54, 1.807) is 4.90 Å². The maximum atomic E-state index is 5.36. The molecule has 0 amide bonds. The molecule has 0 aromatic heterocycles. The van der Waals surface area contributed by atoms with Crippen LogP contribution in [-0.4, -0.2) is 24.7 Å². The Kier molecular flexibility index (Phi) is 8.43. The van der Waals surface area contributed by atoms with E-state index >= 15 is 0 Å². The Balaban J connectivity index is 1.69. The molecule has 2 aromatic rings.